The van der Waals surface area contributed by atoms with Gasteiger partial charge in [-0.2, -0.15) is 0 Å². The normalized spacial score (nSPS) is 30.2. The van der Waals surface area contributed by atoms with Gasteiger partial charge in [0.2, 0.25) is 10.0 Å². The molecule has 2 N–H and O–H groups in total. The first-order valence-corrected chi connectivity index (χ1v) is 8.62. The van der Waals surface area contributed by atoms with Crippen molar-refractivity contribution in [1.82, 2.24) is 9.62 Å². The molecular formula is C12H24N2O3S. The van der Waals surface area contributed by atoms with Crippen molar-refractivity contribution in [1.29, 1.82) is 0 Å². The van der Waals surface area contributed by atoms with Gasteiger partial charge in [0.25, 0.3) is 0 Å². The lowest BCUT2D eigenvalue weighted by atomic mass is 9.81. The summed E-state index contributed by atoms with van der Waals surface area (Å²) in [5.74, 6) is 0.302. The third-order valence-electron chi connectivity index (χ3n) is 4.15. The summed E-state index contributed by atoms with van der Waals surface area (Å²) in [6.07, 6.45) is 5.51. The lowest BCUT2D eigenvalue weighted by Crippen LogP contribution is -2.46. The average Bonchev–Trinajstić information content (AvgIpc) is 2.28. The molecule has 1 unspecified atom stereocenters. The number of sulfonamides is 1. The summed E-state index contributed by atoms with van der Waals surface area (Å²) in [4.78, 5) is 0. The average molecular weight is 276 g/mol. The smallest absolute Gasteiger partial charge is 0.211 e. The van der Waals surface area contributed by atoms with Gasteiger partial charge in [0.1, 0.15) is 0 Å². The molecule has 0 aromatic carbocycles. The van der Waals surface area contributed by atoms with Gasteiger partial charge in [-0.05, 0) is 51.1 Å². The number of hydrogen-bond donors (Lipinski definition) is 2. The second kappa shape index (κ2) is 5.45. The van der Waals surface area contributed by atoms with E-state index in [1.807, 2.05) is 0 Å². The maximum atomic E-state index is 11.6. The number of nitrogens with one attached hydrogen (secondary N) is 1. The third kappa shape index (κ3) is 3.66. The summed E-state index contributed by atoms with van der Waals surface area (Å²) >= 11 is 0. The fourth-order valence-corrected chi connectivity index (χ4v) is 4.07. The molecule has 106 valence electrons. The SMILES string of the molecule is CS(=O)(=O)N1CCCC(CC2(O)CCNCC2)C1. The third-order valence-corrected chi connectivity index (χ3v) is 5.42. The van der Waals surface area contributed by atoms with E-state index in [2.05, 4.69) is 5.32 Å². The van der Waals surface area contributed by atoms with Crippen LogP contribution in [0.3, 0.4) is 0 Å². The van der Waals surface area contributed by atoms with Crippen LogP contribution in [0, 0.1) is 5.92 Å². The van der Waals surface area contributed by atoms with E-state index in [-0.39, 0.29) is 0 Å². The van der Waals surface area contributed by atoms with E-state index in [0.29, 0.717) is 19.0 Å². The summed E-state index contributed by atoms with van der Waals surface area (Å²) < 4.78 is 24.7. The lowest BCUT2D eigenvalue weighted by Gasteiger charge is -2.38. The Morgan fingerprint density at radius 1 is 1.39 bits per heavy atom. The first-order valence-electron chi connectivity index (χ1n) is 6.77. The monoisotopic (exact) mass is 276 g/mol. The molecule has 2 saturated heterocycles. The highest BCUT2D eigenvalue weighted by atomic mass is 32.2. The van der Waals surface area contributed by atoms with Gasteiger partial charge in [0.15, 0.2) is 0 Å². The molecule has 2 aliphatic heterocycles. The summed E-state index contributed by atoms with van der Waals surface area (Å²) in [7, 11) is -3.08. The molecular weight excluding hydrogens is 252 g/mol. The van der Waals surface area contributed by atoms with Crippen LogP contribution in [-0.2, 0) is 10.0 Å². The van der Waals surface area contributed by atoms with Crippen LogP contribution in [0.15, 0.2) is 0 Å². The molecule has 18 heavy (non-hydrogen) atoms. The zero-order valence-corrected chi connectivity index (χ0v) is 11.9. The van der Waals surface area contributed by atoms with E-state index in [9.17, 15) is 13.5 Å². The Morgan fingerprint density at radius 3 is 2.67 bits per heavy atom. The van der Waals surface area contributed by atoms with Crippen molar-refractivity contribution in [3.05, 3.63) is 0 Å². The van der Waals surface area contributed by atoms with E-state index in [1.165, 1.54) is 6.26 Å². The van der Waals surface area contributed by atoms with Crippen molar-refractivity contribution >= 4 is 10.0 Å². The van der Waals surface area contributed by atoms with E-state index < -0.39 is 15.6 Å². The fourth-order valence-electron chi connectivity index (χ4n) is 3.13. The minimum absolute atomic E-state index is 0.302. The van der Waals surface area contributed by atoms with Gasteiger partial charge in [-0.1, -0.05) is 0 Å². The lowest BCUT2D eigenvalue weighted by molar-refractivity contribution is -0.0176. The minimum atomic E-state index is -3.08. The van der Waals surface area contributed by atoms with Crippen LogP contribution in [0.25, 0.3) is 0 Å². The van der Waals surface area contributed by atoms with Crippen molar-refractivity contribution in [2.45, 2.75) is 37.7 Å². The first-order chi connectivity index (χ1) is 8.39. The van der Waals surface area contributed by atoms with E-state index in [4.69, 9.17) is 0 Å². The van der Waals surface area contributed by atoms with Gasteiger partial charge in [0, 0.05) is 13.1 Å². The highest BCUT2D eigenvalue weighted by molar-refractivity contribution is 7.88. The molecule has 2 fully saturated rings. The maximum Gasteiger partial charge on any atom is 0.211 e. The molecule has 2 aliphatic rings. The van der Waals surface area contributed by atoms with Crippen LogP contribution in [0.4, 0.5) is 0 Å². The Morgan fingerprint density at radius 2 is 2.06 bits per heavy atom. The van der Waals surface area contributed by atoms with Crippen LogP contribution in [-0.4, -0.2) is 55.9 Å². The van der Waals surface area contributed by atoms with Gasteiger partial charge < -0.3 is 10.4 Å². The second-order valence-electron chi connectivity index (χ2n) is 5.81. The Balaban J connectivity index is 1.93. The molecule has 0 amide bonds. The first kappa shape index (κ1) is 14.2. The molecule has 0 aromatic rings. The van der Waals surface area contributed by atoms with Crippen molar-refractivity contribution in [3.63, 3.8) is 0 Å². The Bertz CT molecular complexity index is 377. The molecule has 0 radical (unpaired) electrons. The molecule has 6 heteroatoms. The van der Waals surface area contributed by atoms with Crippen LogP contribution in [0.2, 0.25) is 0 Å². The van der Waals surface area contributed by atoms with Crippen molar-refractivity contribution in [3.8, 4) is 0 Å². The van der Waals surface area contributed by atoms with Crippen molar-refractivity contribution in [2.75, 3.05) is 32.4 Å². The highest BCUT2D eigenvalue weighted by Gasteiger charge is 2.35. The zero-order chi connectivity index (χ0) is 13.2. The minimum Gasteiger partial charge on any atom is -0.390 e. The molecule has 5 nitrogen and oxygen atoms in total. The summed E-state index contributed by atoms with van der Waals surface area (Å²) in [6.45, 7) is 2.93. The number of nitrogens with zero attached hydrogens (tertiary/aromatic N) is 1. The molecule has 0 spiro atoms. The van der Waals surface area contributed by atoms with Crippen molar-refractivity contribution in [2.24, 2.45) is 5.92 Å². The fraction of sp³-hybridized carbons (Fsp3) is 1.00. The molecule has 0 bridgehead atoms. The van der Waals surface area contributed by atoms with Gasteiger partial charge >= 0.3 is 0 Å². The predicted molar refractivity (Wildman–Crippen MR) is 70.8 cm³/mol. The second-order valence-corrected chi connectivity index (χ2v) is 7.79. The summed E-state index contributed by atoms with van der Waals surface area (Å²) in [5.41, 5.74) is -0.587. The van der Waals surface area contributed by atoms with E-state index >= 15 is 0 Å². The van der Waals surface area contributed by atoms with Gasteiger partial charge in [-0.25, -0.2) is 12.7 Å². The van der Waals surface area contributed by atoms with Crippen LogP contribution >= 0.6 is 0 Å². The van der Waals surface area contributed by atoms with Gasteiger partial charge in [-0.15, -0.1) is 0 Å². The molecule has 1 atom stereocenters. The number of aliphatic hydroxyl groups is 1. The largest absolute Gasteiger partial charge is 0.390 e. The Hall–Kier alpha value is -0.170. The number of rotatable bonds is 3. The van der Waals surface area contributed by atoms with Crippen LogP contribution in [0.5, 0.6) is 0 Å². The maximum absolute atomic E-state index is 11.6. The highest BCUT2D eigenvalue weighted by Crippen LogP contribution is 2.31. The standard InChI is InChI=1S/C12H24N2O3S/c1-18(16,17)14-8-2-3-11(10-14)9-12(15)4-6-13-7-5-12/h11,13,15H,2-10H2,1H3. The van der Waals surface area contributed by atoms with Crippen molar-refractivity contribution < 1.29 is 13.5 Å². The van der Waals surface area contributed by atoms with Crippen LogP contribution < -0.4 is 5.32 Å². The van der Waals surface area contributed by atoms with Gasteiger partial charge in [0.05, 0.1) is 11.9 Å². The number of piperidine rings is 2. The summed E-state index contributed by atoms with van der Waals surface area (Å²) in [6, 6.07) is 0. The predicted octanol–water partition coefficient (Wildman–Crippen LogP) is 0.163. The Kier molecular flexibility index (Phi) is 4.31. The van der Waals surface area contributed by atoms with Gasteiger partial charge in [-0.3, -0.25) is 0 Å². The molecule has 2 rings (SSSR count). The quantitative estimate of drug-likeness (QED) is 0.770. The molecule has 0 aromatic heterocycles. The zero-order valence-electron chi connectivity index (χ0n) is 11.1. The molecule has 0 aliphatic carbocycles. The van der Waals surface area contributed by atoms with E-state index in [0.717, 1.165) is 45.2 Å². The molecule has 2 heterocycles. The summed E-state index contributed by atoms with van der Waals surface area (Å²) in [5, 5.41) is 13.7. The molecule has 0 saturated carbocycles. The Labute approximate surface area is 110 Å². The van der Waals surface area contributed by atoms with Crippen LogP contribution in [0.1, 0.15) is 32.1 Å². The topological polar surface area (TPSA) is 69.6 Å². The number of hydrogen-bond acceptors (Lipinski definition) is 4. The van der Waals surface area contributed by atoms with E-state index in [1.54, 1.807) is 4.31 Å².